The van der Waals surface area contributed by atoms with Crippen molar-refractivity contribution in [3.05, 3.63) is 75.0 Å². The van der Waals surface area contributed by atoms with Gasteiger partial charge in [0.1, 0.15) is 11.8 Å². The van der Waals surface area contributed by atoms with Crippen LogP contribution in [0.15, 0.2) is 52.6 Å². The van der Waals surface area contributed by atoms with Gasteiger partial charge in [0.2, 0.25) is 5.88 Å². The highest BCUT2D eigenvalue weighted by Gasteiger charge is 2.32. The molecule has 0 unspecified atom stereocenters. The van der Waals surface area contributed by atoms with Gasteiger partial charge in [0.25, 0.3) is 5.56 Å². The molecular formula is C20H21N3O2. The quantitative estimate of drug-likeness (QED) is 0.930. The van der Waals surface area contributed by atoms with Gasteiger partial charge >= 0.3 is 0 Å². The van der Waals surface area contributed by atoms with E-state index in [-0.39, 0.29) is 17.4 Å². The lowest BCUT2D eigenvalue weighted by molar-refractivity contribution is 0.379. The van der Waals surface area contributed by atoms with Gasteiger partial charge in [0, 0.05) is 17.7 Å². The lowest BCUT2D eigenvalue weighted by Gasteiger charge is -2.26. The first kappa shape index (κ1) is 16.8. The number of aryl methyl sites for hydroxylation is 1. The third-order valence-electron chi connectivity index (χ3n) is 4.57. The summed E-state index contributed by atoms with van der Waals surface area (Å²) in [6.45, 7) is 4.39. The summed E-state index contributed by atoms with van der Waals surface area (Å²) in [4.78, 5) is 13.2. The zero-order valence-corrected chi connectivity index (χ0v) is 14.5. The van der Waals surface area contributed by atoms with Crippen molar-refractivity contribution in [2.75, 3.05) is 0 Å². The van der Waals surface area contributed by atoms with Crippen molar-refractivity contribution >= 4 is 0 Å². The molecule has 0 radical (unpaired) electrons. The number of hydrogen-bond donors (Lipinski definition) is 1. The Labute approximate surface area is 147 Å². The lowest BCUT2D eigenvalue weighted by Crippen LogP contribution is -2.32. The van der Waals surface area contributed by atoms with Crippen molar-refractivity contribution in [3.63, 3.8) is 0 Å². The molecule has 0 fully saturated rings. The lowest BCUT2D eigenvalue weighted by atomic mass is 9.86. The zero-order chi connectivity index (χ0) is 18.0. The monoisotopic (exact) mass is 335 g/mol. The topological polar surface area (TPSA) is 81.0 Å². The van der Waals surface area contributed by atoms with Gasteiger partial charge in [-0.05, 0) is 18.9 Å². The van der Waals surface area contributed by atoms with Gasteiger partial charge in [0.15, 0.2) is 0 Å². The SMILES string of the molecule is CCC[C@@H]1C(C#N)=C(N)Oc2cc(C)n(Cc3ccccc3)c(=O)c21. The van der Waals surface area contributed by atoms with Crippen molar-refractivity contribution in [1.82, 2.24) is 4.57 Å². The van der Waals surface area contributed by atoms with Gasteiger partial charge < -0.3 is 15.0 Å². The van der Waals surface area contributed by atoms with Crippen molar-refractivity contribution < 1.29 is 4.74 Å². The van der Waals surface area contributed by atoms with Crippen molar-refractivity contribution in [2.24, 2.45) is 5.73 Å². The molecule has 128 valence electrons. The summed E-state index contributed by atoms with van der Waals surface area (Å²) in [6, 6.07) is 13.8. The zero-order valence-electron chi connectivity index (χ0n) is 14.5. The average molecular weight is 335 g/mol. The molecule has 1 atom stereocenters. The van der Waals surface area contributed by atoms with E-state index in [4.69, 9.17) is 10.5 Å². The van der Waals surface area contributed by atoms with Crippen LogP contribution in [0, 0.1) is 18.3 Å². The van der Waals surface area contributed by atoms with Crippen LogP contribution >= 0.6 is 0 Å². The normalized spacial score (nSPS) is 16.1. The van der Waals surface area contributed by atoms with Gasteiger partial charge in [-0.25, -0.2) is 0 Å². The summed E-state index contributed by atoms with van der Waals surface area (Å²) >= 11 is 0. The Kier molecular flexibility index (Phi) is 4.62. The van der Waals surface area contributed by atoms with E-state index >= 15 is 0 Å². The molecule has 2 aromatic rings. The van der Waals surface area contributed by atoms with E-state index < -0.39 is 0 Å². The van der Waals surface area contributed by atoms with Crippen molar-refractivity contribution in [1.29, 1.82) is 5.26 Å². The first-order valence-electron chi connectivity index (χ1n) is 8.42. The number of hydrogen-bond acceptors (Lipinski definition) is 4. The van der Waals surface area contributed by atoms with Crippen LogP contribution in [-0.4, -0.2) is 4.57 Å². The Hall–Kier alpha value is -3.00. The van der Waals surface area contributed by atoms with E-state index in [2.05, 4.69) is 6.07 Å². The molecule has 0 bridgehead atoms. The molecule has 0 saturated heterocycles. The molecular weight excluding hydrogens is 314 g/mol. The Morgan fingerprint density at radius 1 is 1.32 bits per heavy atom. The van der Waals surface area contributed by atoms with E-state index in [9.17, 15) is 10.1 Å². The van der Waals surface area contributed by atoms with E-state index in [1.54, 1.807) is 4.57 Å². The number of rotatable bonds is 4. The third-order valence-corrected chi connectivity index (χ3v) is 4.57. The van der Waals surface area contributed by atoms with E-state index in [1.165, 1.54) is 0 Å². The third kappa shape index (κ3) is 3.03. The van der Waals surface area contributed by atoms with Gasteiger partial charge in [-0.2, -0.15) is 5.26 Å². The van der Waals surface area contributed by atoms with Crippen molar-refractivity contribution in [2.45, 2.75) is 39.2 Å². The molecule has 3 rings (SSSR count). The highest BCUT2D eigenvalue weighted by Crippen LogP contribution is 2.38. The first-order chi connectivity index (χ1) is 12.1. The van der Waals surface area contributed by atoms with Gasteiger partial charge in [0.05, 0.1) is 17.7 Å². The van der Waals surface area contributed by atoms with Crippen LogP contribution in [0.1, 0.15) is 42.5 Å². The molecule has 1 aliphatic heterocycles. The Balaban J connectivity index is 2.14. The largest absolute Gasteiger partial charge is 0.440 e. The van der Waals surface area contributed by atoms with Gasteiger partial charge in [-0.1, -0.05) is 43.7 Å². The molecule has 5 heteroatoms. The number of aromatic nitrogens is 1. The number of ether oxygens (including phenoxy) is 1. The fraction of sp³-hybridized carbons (Fsp3) is 0.300. The number of fused-ring (bicyclic) bond motifs is 1. The molecule has 1 aliphatic rings. The predicted octanol–water partition coefficient (Wildman–Crippen LogP) is 3.18. The van der Waals surface area contributed by atoms with Crippen LogP contribution in [0.4, 0.5) is 0 Å². The molecule has 2 N–H and O–H groups in total. The molecule has 0 spiro atoms. The molecule has 0 saturated carbocycles. The number of nitrogens with two attached hydrogens (primary N) is 1. The standard InChI is InChI=1S/C20H21N3O2/c1-3-7-15-16(11-21)19(22)25-17-10-13(2)23(20(24)18(15)17)12-14-8-5-4-6-9-14/h4-6,8-10,15H,3,7,12,22H2,1-2H3/t15-/m1/s1. The van der Waals surface area contributed by atoms with Gasteiger partial charge in [-0.3, -0.25) is 4.79 Å². The smallest absolute Gasteiger partial charge is 0.258 e. The fourth-order valence-electron chi connectivity index (χ4n) is 3.32. The van der Waals surface area contributed by atoms with Crippen LogP contribution in [0.5, 0.6) is 5.75 Å². The number of benzene rings is 1. The van der Waals surface area contributed by atoms with Gasteiger partial charge in [-0.15, -0.1) is 0 Å². The van der Waals surface area contributed by atoms with Crippen LogP contribution in [-0.2, 0) is 6.54 Å². The minimum Gasteiger partial charge on any atom is -0.440 e. The minimum absolute atomic E-state index is 0.105. The second kappa shape index (κ2) is 6.86. The van der Waals surface area contributed by atoms with E-state index in [0.29, 0.717) is 29.9 Å². The number of allylic oxidation sites excluding steroid dienone is 1. The summed E-state index contributed by atoms with van der Waals surface area (Å²) in [6.07, 6.45) is 1.53. The van der Waals surface area contributed by atoms with Crippen molar-refractivity contribution in [3.8, 4) is 11.8 Å². The molecule has 1 aromatic carbocycles. The second-order valence-corrected chi connectivity index (χ2v) is 6.27. The highest BCUT2D eigenvalue weighted by molar-refractivity contribution is 5.49. The van der Waals surface area contributed by atoms with E-state index in [0.717, 1.165) is 17.7 Å². The highest BCUT2D eigenvalue weighted by atomic mass is 16.5. The molecule has 0 aliphatic carbocycles. The minimum atomic E-state index is -0.311. The van der Waals surface area contributed by atoms with Crippen LogP contribution < -0.4 is 16.0 Å². The molecule has 25 heavy (non-hydrogen) atoms. The summed E-state index contributed by atoms with van der Waals surface area (Å²) in [5, 5.41) is 9.46. The summed E-state index contributed by atoms with van der Waals surface area (Å²) in [5.74, 6) is 0.267. The maximum absolute atomic E-state index is 13.2. The second-order valence-electron chi connectivity index (χ2n) is 6.27. The van der Waals surface area contributed by atoms with Crippen LogP contribution in [0.25, 0.3) is 0 Å². The molecule has 1 aromatic heterocycles. The Bertz CT molecular complexity index is 920. The maximum atomic E-state index is 13.2. The fourth-order valence-corrected chi connectivity index (χ4v) is 3.32. The number of nitrogens with zero attached hydrogens (tertiary/aromatic N) is 2. The average Bonchev–Trinajstić information content (AvgIpc) is 2.59. The summed E-state index contributed by atoms with van der Waals surface area (Å²) in [5.41, 5.74) is 8.53. The van der Waals surface area contributed by atoms with Crippen LogP contribution in [0.2, 0.25) is 0 Å². The first-order valence-corrected chi connectivity index (χ1v) is 8.42. The Morgan fingerprint density at radius 3 is 2.68 bits per heavy atom. The van der Waals surface area contributed by atoms with Crippen LogP contribution in [0.3, 0.4) is 0 Å². The molecule has 5 nitrogen and oxygen atoms in total. The number of pyridine rings is 1. The van der Waals surface area contributed by atoms with E-state index in [1.807, 2.05) is 50.2 Å². The molecule has 0 amide bonds. The predicted molar refractivity (Wildman–Crippen MR) is 96.1 cm³/mol. The number of nitriles is 1. The maximum Gasteiger partial charge on any atom is 0.258 e. The Morgan fingerprint density at radius 2 is 2.04 bits per heavy atom. The molecule has 2 heterocycles. The summed E-state index contributed by atoms with van der Waals surface area (Å²) < 4.78 is 7.33. The summed E-state index contributed by atoms with van der Waals surface area (Å²) in [7, 11) is 0.